The van der Waals surface area contributed by atoms with Gasteiger partial charge in [-0.15, -0.1) is 0 Å². The molecule has 1 atom stereocenters. The van der Waals surface area contributed by atoms with Crippen LogP contribution >= 0.6 is 11.6 Å². The molecule has 2 aromatic carbocycles. The lowest BCUT2D eigenvalue weighted by Crippen LogP contribution is -2.49. The topological polar surface area (TPSA) is 47.3 Å². The lowest BCUT2D eigenvalue weighted by molar-refractivity contribution is 0.0399. The predicted octanol–water partition coefficient (Wildman–Crippen LogP) is 3.42. The van der Waals surface area contributed by atoms with E-state index in [1.165, 1.54) is 5.56 Å². The summed E-state index contributed by atoms with van der Waals surface area (Å²) in [5.74, 6) is 0.600. The molecule has 0 spiro atoms. The van der Waals surface area contributed by atoms with Crippen LogP contribution in [0.25, 0.3) is 0 Å². The third-order valence-corrected chi connectivity index (χ3v) is 4.72. The molecule has 1 heterocycles. The molecule has 0 saturated carbocycles. The molecule has 23 heavy (non-hydrogen) atoms. The molecule has 0 amide bonds. The predicted molar refractivity (Wildman–Crippen MR) is 91.2 cm³/mol. The highest BCUT2D eigenvalue weighted by Gasteiger charge is 2.28. The summed E-state index contributed by atoms with van der Waals surface area (Å²) in [6.45, 7) is 2.60. The second kappa shape index (κ2) is 7.14. The molecule has 0 radical (unpaired) electrons. The lowest BCUT2D eigenvalue weighted by Gasteiger charge is -2.40. The number of nitriles is 1. The highest BCUT2D eigenvalue weighted by atomic mass is 35.5. The SMILES string of the molecule is N#Cc1ccc(C(O)CN2CC(Cc3ccccc3Cl)C2)cc1. The van der Waals surface area contributed by atoms with E-state index in [0.29, 0.717) is 18.0 Å². The van der Waals surface area contributed by atoms with Gasteiger partial charge in [-0.25, -0.2) is 0 Å². The van der Waals surface area contributed by atoms with Crippen molar-refractivity contribution in [1.82, 2.24) is 4.90 Å². The van der Waals surface area contributed by atoms with Crippen molar-refractivity contribution in [3.8, 4) is 6.07 Å². The van der Waals surface area contributed by atoms with Gasteiger partial charge in [-0.1, -0.05) is 41.9 Å². The average Bonchev–Trinajstić information content (AvgIpc) is 2.54. The van der Waals surface area contributed by atoms with Crippen LogP contribution in [0, 0.1) is 17.2 Å². The van der Waals surface area contributed by atoms with Crippen molar-refractivity contribution in [3.63, 3.8) is 0 Å². The molecular formula is C19H19ClN2O. The summed E-state index contributed by atoms with van der Waals surface area (Å²) in [4.78, 5) is 2.25. The fourth-order valence-electron chi connectivity index (χ4n) is 3.06. The molecule has 1 fully saturated rings. The molecule has 4 heteroatoms. The van der Waals surface area contributed by atoms with Gasteiger partial charge in [-0.2, -0.15) is 5.26 Å². The molecule has 2 aromatic rings. The number of β-amino-alcohol motifs (C(OH)–C–C–N with tert-alkyl or cyclic N) is 1. The smallest absolute Gasteiger partial charge is 0.0991 e. The number of likely N-dealkylation sites (tertiary alicyclic amines) is 1. The molecule has 0 aliphatic carbocycles. The summed E-state index contributed by atoms with van der Waals surface area (Å²) in [7, 11) is 0. The van der Waals surface area contributed by atoms with E-state index in [0.717, 1.165) is 30.1 Å². The van der Waals surface area contributed by atoms with E-state index in [1.54, 1.807) is 12.1 Å². The van der Waals surface area contributed by atoms with Crippen molar-refractivity contribution in [3.05, 3.63) is 70.2 Å². The average molecular weight is 327 g/mol. The zero-order valence-electron chi connectivity index (χ0n) is 12.8. The minimum Gasteiger partial charge on any atom is -0.387 e. The first kappa shape index (κ1) is 16.0. The maximum atomic E-state index is 10.3. The summed E-state index contributed by atoms with van der Waals surface area (Å²) in [5, 5.41) is 19.9. The van der Waals surface area contributed by atoms with Crippen LogP contribution in [0.15, 0.2) is 48.5 Å². The molecule has 1 unspecified atom stereocenters. The summed E-state index contributed by atoms with van der Waals surface area (Å²) in [5.41, 5.74) is 2.68. The Labute approximate surface area is 141 Å². The van der Waals surface area contributed by atoms with Crippen LogP contribution in [0.1, 0.15) is 22.8 Å². The molecule has 3 rings (SSSR count). The molecule has 1 aliphatic heterocycles. The third kappa shape index (κ3) is 3.92. The minimum atomic E-state index is -0.510. The van der Waals surface area contributed by atoms with Crippen molar-refractivity contribution < 1.29 is 5.11 Å². The molecule has 1 N–H and O–H groups in total. The quantitative estimate of drug-likeness (QED) is 0.915. The van der Waals surface area contributed by atoms with Crippen LogP contribution in [0.4, 0.5) is 0 Å². The maximum Gasteiger partial charge on any atom is 0.0991 e. The molecule has 3 nitrogen and oxygen atoms in total. The van der Waals surface area contributed by atoms with Gasteiger partial charge in [0.05, 0.1) is 17.7 Å². The number of halogens is 1. The maximum absolute atomic E-state index is 10.3. The monoisotopic (exact) mass is 326 g/mol. The lowest BCUT2D eigenvalue weighted by atomic mass is 9.91. The Morgan fingerprint density at radius 3 is 2.52 bits per heavy atom. The zero-order valence-corrected chi connectivity index (χ0v) is 13.6. The summed E-state index contributed by atoms with van der Waals surface area (Å²) in [6, 6.07) is 17.2. The van der Waals surface area contributed by atoms with Crippen LogP contribution < -0.4 is 0 Å². The second-order valence-corrected chi connectivity index (χ2v) is 6.54. The van der Waals surface area contributed by atoms with Gasteiger partial charge in [0, 0.05) is 24.7 Å². The molecule has 1 saturated heterocycles. The first-order chi connectivity index (χ1) is 11.2. The first-order valence-corrected chi connectivity index (χ1v) is 8.17. The number of hydrogen-bond donors (Lipinski definition) is 1. The molecule has 118 valence electrons. The Bertz CT molecular complexity index is 702. The third-order valence-electron chi connectivity index (χ3n) is 4.35. The van der Waals surface area contributed by atoms with Gasteiger partial charge in [0.15, 0.2) is 0 Å². The van der Waals surface area contributed by atoms with Gasteiger partial charge in [0.1, 0.15) is 0 Å². The van der Waals surface area contributed by atoms with Crippen LogP contribution in [-0.4, -0.2) is 29.6 Å². The number of aliphatic hydroxyl groups excluding tert-OH is 1. The van der Waals surface area contributed by atoms with E-state index >= 15 is 0 Å². The fourth-order valence-corrected chi connectivity index (χ4v) is 3.27. The van der Waals surface area contributed by atoms with Gasteiger partial charge in [-0.3, -0.25) is 4.90 Å². The van der Waals surface area contributed by atoms with Crippen molar-refractivity contribution in [2.75, 3.05) is 19.6 Å². The largest absolute Gasteiger partial charge is 0.387 e. The fraction of sp³-hybridized carbons (Fsp3) is 0.316. The Morgan fingerprint density at radius 2 is 1.87 bits per heavy atom. The van der Waals surface area contributed by atoms with E-state index in [9.17, 15) is 5.11 Å². The standard InChI is InChI=1S/C19H19ClN2O/c20-18-4-2-1-3-17(18)9-15-11-22(12-15)13-19(23)16-7-5-14(10-21)6-8-16/h1-8,15,19,23H,9,11-13H2. The van der Waals surface area contributed by atoms with Gasteiger partial charge in [0.2, 0.25) is 0 Å². The van der Waals surface area contributed by atoms with Gasteiger partial charge < -0.3 is 5.11 Å². The number of rotatable bonds is 5. The number of aliphatic hydroxyl groups is 1. The molecule has 0 aromatic heterocycles. The van der Waals surface area contributed by atoms with E-state index in [-0.39, 0.29) is 0 Å². The van der Waals surface area contributed by atoms with Crippen LogP contribution in [-0.2, 0) is 6.42 Å². The van der Waals surface area contributed by atoms with Gasteiger partial charge >= 0.3 is 0 Å². The van der Waals surface area contributed by atoms with Crippen LogP contribution in [0.3, 0.4) is 0 Å². The second-order valence-electron chi connectivity index (χ2n) is 6.13. The highest BCUT2D eigenvalue weighted by molar-refractivity contribution is 6.31. The Morgan fingerprint density at radius 1 is 1.17 bits per heavy atom. The zero-order chi connectivity index (χ0) is 16.2. The number of hydrogen-bond acceptors (Lipinski definition) is 3. The number of benzene rings is 2. The normalized spacial score (nSPS) is 16.6. The van der Waals surface area contributed by atoms with Crippen molar-refractivity contribution >= 4 is 11.6 Å². The number of nitrogens with zero attached hydrogens (tertiary/aromatic N) is 2. The minimum absolute atomic E-state index is 0.510. The Kier molecular flexibility index (Phi) is 4.97. The summed E-state index contributed by atoms with van der Waals surface area (Å²) >= 11 is 6.20. The van der Waals surface area contributed by atoms with Crippen LogP contribution in [0.2, 0.25) is 5.02 Å². The van der Waals surface area contributed by atoms with Crippen molar-refractivity contribution in [1.29, 1.82) is 5.26 Å². The van der Waals surface area contributed by atoms with E-state index in [1.807, 2.05) is 30.3 Å². The summed E-state index contributed by atoms with van der Waals surface area (Å²) in [6.07, 6.45) is 0.479. The molecule has 0 bridgehead atoms. The van der Waals surface area contributed by atoms with Gasteiger partial charge in [-0.05, 0) is 41.7 Å². The molecular weight excluding hydrogens is 308 g/mol. The van der Waals surface area contributed by atoms with E-state index in [2.05, 4.69) is 17.0 Å². The van der Waals surface area contributed by atoms with Crippen molar-refractivity contribution in [2.45, 2.75) is 12.5 Å². The highest BCUT2D eigenvalue weighted by Crippen LogP contribution is 2.26. The molecule has 1 aliphatic rings. The summed E-state index contributed by atoms with van der Waals surface area (Å²) < 4.78 is 0. The first-order valence-electron chi connectivity index (χ1n) is 7.79. The van der Waals surface area contributed by atoms with E-state index < -0.39 is 6.10 Å². The van der Waals surface area contributed by atoms with E-state index in [4.69, 9.17) is 16.9 Å². The van der Waals surface area contributed by atoms with Crippen molar-refractivity contribution in [2.24, 2.45) is 5.92 Å². The van der Waals surface area contributed by atoms with Gasteiger partial charge in [0.25, 0.3) is 0 Å². The Hall–Kier alpha value is -1.86. The Balaban J connectivity index is 1.48. The van der Waals surface area contributed by atoms with Crippen LogP contribution in [0.5, 0.6) is 0 Å².